The molecule has 3 aliphatic rings. The molecule has 2 N–H and O–H groups in total. The van der Waals surface area contributed by atoms with Gasteiger partial charge in [0.2, 0.25) is 0 Å². The topological polar surface area (TPSA) is 67.8 Å². The Morgan fingerprint density at radius 3 is 2.15 bits per heavy atom. The lowest BCUT2D eigenvalue weighted by atomic mass is 9.77. The van der Waals surface area contributed by atoms with Crippen molar-refractivity contribution in [2.24, 2.45) is 5.41 Å². The zero-order valence-electron chi connectivity index (χ0n) is 18.7. The van der Waals surface area contributed by atoms with E-state index in [2.05, 4.69) is 19.2 Å². The Labute approximate surface area is 203 Å². The largest absolute Gasteiger partial charge is 0.509 e. The molecule has 0 unspecified atom stereocenters. The van der Waals surface area contributed by atoms with Gasteiger partial charge in [0.1, 0.15) is 5.76 Å². The Hall–Kier alpha value is -2.05. The predicted octanol–water partition coefficient (Wildman–Crippen LogP) is 6.14. The van der Waals surface area contributed by atoms with E-state index in [9.17, 15) is 9.90 Å². The molecule has 2 heterocycles. The first-order chi connectivity index (χ1) is 15.6. The van der Waals surface area contributed by atoms with Crippen molar-refractivity contribution < 1.29 is 19.4 Å². The zero-order chi connectivity index (χ0) is 23.4. The summed E-state index contributed by atoms with van der Waals surface area (Å²) in [5, 5.41) is 15.4. The van der Waals surface area contributed by atoms with Crippen LogP contribution in [-0.2, 0) is 14.3 Å². The highest BCUT2D eigenvalue weighted by molar-refractivity contribution is 6.36. The van der Waals surface area contributed by atoms with Crippen molar-refractivity contribution in [2.45, 2.75) is 50.9 Å². The lowest BCUT2D eigenvalue weighted by molar-refractivity contribution is -0.313. The van der Waals surface area contributed by atoms with E-state index < -0.39 is 11.3 Å². The summed E-state index contributed by atoms with van der Waals surface area (Å²) in [7, 11) is 0. The third-order valence-corrected chi connectivity index (χ3v) is 7.58. The number of hydrogen-bond acceptors (Lipinski definition) is 4. The molecule has 5 rings (SSSR count). The molecule has 2 aromatic carbocycles. The Balaban J connectivity index is 1.44. The van der Waals surface area contributed by atoms with Crippen LogP contribution in [0.1, 0.15) is 45.1 Å². The van der Waals surface area contributed by atoms with Gasteiger partial charge in [-0.15, -0.1) is 0 Å². The summed E-state index contributed by atoms with van der Waals surface area (Å²) in [5.74, 6) is -0.903. The van der Waals surface area contributed by atoms with Crippen LogP contribution < -0.4 is 5.32 Å². The van der Waals surface area contributed by atoms with Crippen molar-refractivity contribution in [3.63, 3.8) is 0 Å². The summed E-state index contributed by atoms with van der Waals surface area (Å²) in [6, 6.07) is 12.9. The number of benzene rings is 2. The number of ether oxygens (including phenoxy) is 2. The zero-order valence-corrected chi connectivity index (χ0v) is 20.2. The average Bonchev–Trinajstić information content (AvgIpc) is 3.03. The molecule has 2 aromatic rings. The summed E-state index contributed by atoms with van der Waals surface area (Å²) < 4.78 is 12.3. The first-order valence-electron chi connectivity index (χ1n) is 11.2. The monoisotopic (exact) mass is 487 g/mol. The summed E-state index contributed by atoms with van der Waals surface area (Å²) in [6.45, 7) is 5.49. The number of amides is 1. The normalized spacial score (nSPS) is 23.2. The summed E-state index contributed by atoms with van der Waals surface area (Å²) in [4.78, 5) is 13.1. The van der Waals surface area contributed by atoms with Crippen molar-refractivity contribution in [1.29, 1.82) is 0 Å². The van der Waals surface area contributed by atoms with E-state index in [0.717, 1.165) is 11.1 Å². The summed E-state index contributed by atoms with van der Waals surface area (Å²) in [6.07, 6.45) is 2.25. The molecule has 7 heteroatoms. The highest BCUT2D eigenvalue weighted by Gasteiger charge is 2.53. The predicted molar refractivity (Wildman–Crippen MR) is 129 cm³/mol. The van der Waals surface area contributed by atoms with E-state index in [-0.39, 0.29) is 22.7 Å². The molecule has 2 aliphatic heterocycles. The number of rotatable bonds is 2. The molecular weight excluding hydrogens is 461 g/mol. The van der Waals surface area contributed by atoms with Crippen LogP contribution in [0.15, 0.2) is 48.2 Å². The number of nitrogens with one attached hydrogen (secondary N) is 1. The molecule has 1 aliphatic carbocycles. The fraction of sp³-hybridized carbons (Fsp3) is 0.423. The van der Waals surface area contributed by atoms with E-state index in [1.54, 1.807) is 6.07 Å². The van der Waals surface area contributed by atoms with Gasteiger partial charge in [-0.25, -0.2) is 0 Å². The smallest absolute Gasteiger partial charge is 0.256 e. The third-order valence-electron chi connectivity index (χ3n) is 7.00. The van der Waals surface area contributed by atoms with Crippen molar-refractivity contribution in [3.8, 4) is 11.1 Å². The minimum Gasteiger partial charge on any atom is -0.509 e. The van der Waals surface area contributed by atoms with E-state index in [0.29, 0.717) is 54.5 Å². The summed E-state index contributed by atoms with van der Waals surface area (Å²) >= 11 is 12.5. The second-order valence-corrected chi connectivity index (χ2v) is 11.0. The van der Waals surface area contributed by atoms with Gasteiger partial charge >= 0.3 is 0 Å². The van der Waals surface area contributed by atoms with E-state index >= 15 is 0 Å². The molecule has 33 heavy (non-hydrogen) atoms. The number of halogens is 2. The lowest BCUT2D eigenvalue weighted by Crippen LogP contribution is -2.56. The van der Waals surface area contributed by atoms with Gasteiger partial charge in [0.15, 0.2) is 5.79 Å². The molecule has 5 nitrogen and oxygen atoms in total. The molecule has 0 bridgehead atoms. The summed E-state index contributed by atoms with van der Waals surface area (Å²) in [5.41, 5.74) is 1.75. The SMILES string of the molecule is CC1(C)COC2(CCC3(CC2)NC(=O)C(c2cc(-c4ccc(Cl)cc4)ccc2Cl)=C3O)OC1. The van der Waals surface area contributed by atoms with E-state index in [1.165, 1.54) is 0 Å². The maximum atomic E-state index is 13.1. The van der Waals surface area contributed by atoms with Gasteiger partial charge in [-0.2, -0.15) is 0 Å². The molecule has 0 atom stereocenters. The van der Waals surface area contributed by atoms with Crippen LogP contribution in [0.3, 0.4) is 0 Å². The van der Waals surface area contributed by atoms with Gasteiger partial charge in [0.05, 0.1) is 24.3 Å². The van der Waals surface area contributed by atoms with Gasteiger partial charge in [0, 0.05) is 33.9 Å². The fourth-order valence-electron chi connectivity index (χ4n) is 4.92. The standard InChI is InChI=1S/C26H27Cl2NO4/c1-24(2)14-32-26(33-15-24)11-9-25(10-12-26)22(30)21(23(31)29-25)19-13-17(5-8-20(19)28)16-3-6-18(27)7-4-16/h3-8,13,30H,9-12,14-15H2,1-2H3,(H,29,31). The van der Waals surface area contributed by atoms with E-state index in [4.69, 9.17) is 32.7 Å². The Bertz CT molecular complexity index is 1120. The maximum Gasteiger partial charge on any atom is 0.256 e. The molecule has 1 saturated carbocycles. The van der Waals surface area contributed by atoms with Gasteiger partial charge in [-0.1, -0.05) is 55.2 Å². The Kier molecular flexibility index (Phi) is 5.52. The molecule has 1 saturated heterocycles. The van der Waals surface area contributed by atoms with Crippen molar-refractivity contribution >= 4 is 34.7 Å². The number of aliphatic hydroxyl groups excluding tert-OH is 1. The second-order valence-electron chi connectivity index (χ2n) is 10.1. The van der Waals surface area contributed by atoms with Crippen molar-refractivity contribution in [2.75, 3.05) is 13.2 Å². The molecule has 0 aromatic heterocycles. The van der Waals surface area contributed by atoms with Crippen LogP contribution in [0.5, 0.6) is 0 Å². The van der Waals surface area contributed by atoms with Gasteiger partial charge in [-0.05, 0) is 48.2 Å². The van der Waals surface area contributed by atoms with Crippen LogP contribution in [-0.4, -0.2) is 35.6 Å². The van der Waals surface area contributed by atoms with Crippen LogP contribution in [0.25, 0.3) is 16.7 Å². The quantitative estimate of drug-likeness (QED) is 0.533. The van der Waals surface area contributed by atoms with E-state index in [1.807, 2.05) is 36.4 Å². The number of aliphatic hydroxyl groups is 1. The second kappa shape index (κ2) is 8.02. The molecule has 174 valence electrons. The molecule has 0 radical (unpaired) electrons. The van der Waals surface area contributed by atoms with Crippen LogP contribution in [0.2, 0.25) is 10.0 Å². The molecular formula is C26H27Cl2NO4. The van der Waals surface area contributed by atoms with Gasteiger partial charge in [0.25, 0.3) is 5.91 Å². The molecule has 1 amide bonds. The number of carbonyl (C=O) groups excluding carboxylic acids is 1. The Morgan fingerprint density at radius 1 is 0.909 bits per heavy atom. The van der Waals surface area contributed by atoms with Crippen LogP contribution >= 0.6 is 23.2 Å². The first-order valence-corrected chi connectivity index (χ1v) is 12.0. The van der Waals surface area contributed by atoms with Gasteiger partial charge < -0.3 is 19.9 Å². The number of hydrogen-bond donors (Lipinski definition) is 2. The Morgan fingerprint density at radius 2 is 1.52 bits per heavy atom. The highest BCUT2D eigenvalue weighted by Crippen LogP contribution is 2.48. The lowest BCUT2D eigenvalue weighted by Gasteiger charge is -2.49. The minimum atomic E-state index is -0.822. The fourth-order valence-corrected chi connectivity index (χ4v) is 5.26. The van der Waals surface area contributed by atoms with Crippen LogP contribution in [0.4, 0.5) is 0 Å². The van der Waals surface area contributed by atoms with Crippen molar-refractivity contribution in [3.05, 3.63) is 63.8 Å². The molecule has 2 fully saturated rings. The first kappa shape index (κ1) is 22.7. The third kappa shape index (κ3) is 4.06. The average molecular weight is 488 g/mol. The van der Waals surface area contributed by atoms with Gasteiger partial charge in [-0.3, -0.25) is 4.79 Å². The molecule has 2 spiro atoms. The van der Waals surface area contributed by atoms with Crippen LogP contribution in [0, 0.1) is 5.41 Å². The highest BCUT2D eigenvalue weighted by atomic mass is 35.5. The number of carbonyl (C=O) groups is 1. The minimum absolute atomic E-state index is 0.0109. The van der Waals surface area contributed by atoms with Crippen molar-refractivity contribution in [1.82, 2.24) is 5.32 Å². The maximum absolute atomic E-state index is 13.1.